The number of hydrogen-bond acceptors (Lipinski definition) is 6. The van der Waals surface area contributed by atoms with Gasteiger partial charge in [0.05, 0.1) is 19.0 Å². The summed E-state index contributed by atoms with van der Waals surface area (Å²) in [7, 11) is 0. The van der Waals surface area contributed by atoms with Crippen molar-refractivity contribution in [2.24, 2.45) is 0 Å². The van der Waals surface area contributed by atoms with Crippen LogP contribution in [0, 0.1) is 0 Å². The average molecular weight is 266 g/mol. The van der Waals surface area contributed by atoms with Crippen LogP contribution in [0.4, 0.5) is 0 Å². The number of hydrogen-bond donors (Lipinski definition) is 1. The summed E-state index contributed by atoms with van der Waals surface area (Å²) in [5.41, 5.74) is 0. The number of imide groups is 1. The van der Waals surface area contributed by atoms with Crippen molar-refractivity contribution < 1.29 is 14.1 Å². The Kier molecular flexibility index (Phi) is 4.26. The van der Waals surface area contributed by atoms with Crippen LogP contribution >= 0.6 is 0 Å². The molecule has 0 spiro atoms. The molecular formula is C12H18N4O3. The van der Waals surface area contributed by atoms with E-state index in [0.29, 0.717) is 12.4 Å². The molecular weight excluding hydrogens is 248 g/mol. The predicted molar refractivity (Wildman–Crippen MR) is 65.8 cm³/mol. The largest absolute Gasteiger partial charge is 0.343 e. The van der Waals surface area contributed by atoms with Gasteiger partial charge in [-0.05, 0) is 12.8 Å². The number of amides is 2. The number of nitrogens with one attached hydrogen (secondary N) is 1. The minimum absolute atomic E-state index is 0.00280. The fourth-order valence-electron chi connectivity index (χ4n) is 2.33. The van der Waals surface area contributed by atoms with Crippen molar-refractivity contribution in [2.45, 2.75) is 51.7 Å². The van der Waals surface area contributed by atoms with Crippen molar-refractivity contribution in [1.82, 2.24) is 20.4 Å². The number of carbonyl (C=O) groups is 2. The van der Waals surface area contributed by atoms with Crippen LogP contribution in [0.3, 0.4) is 0 Å². The summed E-state index contributed by atoms with van der Waals surface area (Å²) < 4.78 is 4.61. The van der Waals surface area contributed by atoms with Crippen molar-refractivity contribution in [2.75, 3.05) is 0 Å². The monoisotopic (exact) mass is 266 g/mol. The molecule has 1 aliphatic rings. The van der Waals surface area contributed by atoms with E-state index in [0.717, 1.165) is 12.8 Å². The number of aromatic nitrogens is 2. The first-order valence-electron chi connectivity index (χ1n) is 6.51. The second kappa shape index (κ2) is 5.92. The molecule has 0 bridgehead atoms. The quantitative estimate of drug-likeness (QED) is 0.753. The van der Waals surface area contributed by atoms with E-state index in [2.05, 4.69) is 20.0 Å². The van der Waals surface area contributed by atoms with Crippen LogP contribution in [0.2, 0.25) is 0 Å². The van der Waals surface area contributed by atoms with Gasteiger partial charge in [-0.25, -0.2) is 0 Å². The second-order valence-corrected chi connectivity index (χ2v) is 4.56. The highest BCUT2D eigenvalue weighted by Crippen LogP contribution is 2.20. The number of likely N-dealkylation sites (tertiary alicyclic amines) is 1. The Hall–Kier alpha value is -1.76. The van der Waals surface area contributed by atoms with E-state index in [4.69, 9.17) is 0 Å². The maximum absolute atomic E-state index is 12.2. The lowest BCUT2D eigenvalue weighted by Crippen LogP contribution is -2.43. The molecule has 0 radical (unpaired) electrons. The molecule has 1 N–H and O–H groups in total. The van der Waals surface area contributed by atoms with Crippen LogP contribution in [0.15, 0.2) is 10.9 Å². The molecule has 1 aromatic rings. The fourth-order valence-corrected chi connectivity index (χ4v) is 2.33. The SMILES string of the molecule is CCC(CC)N1C(=O)CC(NCc2ncon2)C1=O. The third-order valence-corrected chi connectivity index (χ3v) is 3.40. The first-order valence-corrected chi connectivity index (χ1v) is 6.51. The van der Waals surface area contributed by atoms with E-state index in [-0.39, 0.29) is 24.3 Å². The molecule has 1 saturated heterocycles. The van der Waals surface area contributed by atoms with E-state index >= 15 is 0 Å². The number of carbonyl (C=O) groups excluding carboxylic acids is 2. The molecule has 1 fully saturated rings. The van der Waals surface area contributed by atoms with Crippen molar-refractivity contribution in [3.8, 4) is 0 Å². The summed E-state index contributed by atoms with van der Waals surface area (Å²) in [6.07, 6.45) is 3.00. The highest BCUT2D eigenvalue weighted by Gasteiger charge is 2.41. The molecule has 1 aromatic heterocycles. The summed E-state index contributed by atoms with van der Waals surface area (Å²) >= 11 is 0. The third-order valence-electron chi connectivity index (χ3n) is 3.40. The van der Waals surface area contributed by atoms with E-state index in [1.165, 1.54) is 11.3 Å². The molecule has 2 rings (SSSR count). The first kappa shape index (κ1) is 13.7. The lowest BCUT2D eigenvalue weighted by Gasteiger charge is -2.24. The zero-order chi connectivity index (χ0) is 13.8. The van der Waals surface area contributed by atoms with Crippen LogP contribution in [0.5, 0.6) is 0 Å². The van der Waals surface area contributed by atoms with Gasteiger partial charge in [0.1, 0.15) is 0 Å². The maximum atomic E-state index is 12.2. The zero-order valence-corrected chi connectivity index (χ0v) is 11.1. The fraction of sp³-hybridized carbons (Fsp3) is 0.667. The van der Waals surface area contributed by atoms with Gasteiger partial charge in [-0.1, -0.05) is 19.0 Å². The lowest BCUT2D eigenvalue weighted by atomic mass is 10.1. The van der Waals surface area contributed by atoms with Gasteiger partial charge in [0.15, 0.2) is 5.82 Å². The first-order chi connectivity index (χ1) is 9.17. The van der Waals surface area contributed by atoms with Crippen molar-refractivity contribution in [3.05, 3.63) is 12.2 Å². The highest BCUT2D eigenvalue weighted by molar-refractivity contribution is 6.05. The minimum Gasteiger partial charge on any atom is -0.343 e. The molecule has 1 atom stereocenters. The molecule has 2 heterocycles. The van der Waals surface area contributed by atoms with Gasteiger partial charge in [-0.2, -0.15) is 4.98 Å². The average Bonchev–Trinajstić information content (AvgIpc) is 3.00. The van der Waals surface area contributed by atoms with E-state index < -0.39 is 6.04 Å². The number of nitrogens with zero attached hydrogens (tertiary/aromatic N) is 3. The van der Waals surface area contributed by atoms with Crippen LogP contribution in [0.25, 0.3) is 0 Å². The van der Waals surface area contributed by atoms with E-state index in [9.17, 15) is 9.59 Å². The maximum Gasteiger partial charge on any atom is 0.247 e. The van der Waals surface area contributed by atoms with Gasteiger partial charge in [0.25, 0.3) is 0 Å². The molecule has 1 aliphatic heterocycles. The summed E-state index contributed by atoms with van der Waals surface area (Å²) in [4.78, 5) is 29.4. The predicted octanol–water partition coefficient (Wildman–Crippen LogP) is 0.475. The van der Waals surface area contributed by atoms with Gasteiger partial charge in [-0.15, -0.1) is 0 Å². The van der Waals surface area contributed by atoms with Crippen LogP contribution in [-0.4, -0.2) is 38.9 Å². The summed E-state index contributed by atoms with van der Waals surface area (Å²) in [6.45, 7) is 4.28. The third kappa shape index (κ3) is 2.81. The smallest absolute Gasteiger partial charge is 0.247 e. The Labute approximate surface area is 111 Å². The lowest BCUT2D eigenvalue weighted by molar-refractivity contribution is -0.141. The zero-order valence-electron chi connectivity index (χ0n) is 11.1. The molecule has 104 valence electrons. The molecule has 2 amide bonds. The van der Waals surface area contributed by atoms with E-state index in [1.807, 2.05) is 13.8 Å². The van der Waals surface area contributed by atoms with Crippen molar-refractivity contribution in [3.63, 3.8) is 0 Å². The van der Waals surface area contributed by atoms with Crippen LogP contribution in [-0.2, 0) is 16.1 Å². The molecule has 0 saturated carbocycles. The van der Waals surface area contributed by atoms with Gasteiger partial charge >= 0.3 is 0 Å². The Balaban J connectivity index is 1.97. The Morgan fingerprint density at radius 1 is 1.47 bits per heavy atom. The normalized spacial score (nSPS) is 19.7. The number of rotatable bonds is 6. The van der Waals surface area contributed by atoms with Gasteiger partial charge < -0.3 is 4.52 Å². The topological polar surface area (TPSA) is 88.3 Å². The van der Waals surface area contributed by atoms with Gasteiger partial charge in [-0.3, -0.25) is 19.8 Å². The molecule has 7 nitrogen and oxygen atoms in total. The Bertz CT molecular complexity index is 442. The minimum atomic E-state index is -0.480. The van der Waals surface area contributed by atoms with Crippen molar-refractivity contribution >= 4 is 11.8 Å². The molecule has 19 heavy (non-hydrogen) atoms. The molecule has 1 unspecified atom stereocenters. The van der Waals surface area contributed by atoms with Crippen LogP contribution in [0.1, 0.15) is 38.9 Å². The summed E-state index contributed by atoms with van der Waals surface area (Å²) in [5, 5.41) is 6.65. The van der Waals surface area contributed by atoms with Crippen molar-refractivity contribution in [1.29, 1.82) is 0 Å². The van der Waals surface area contributed by atoms with Gasteiger partial charge in [0.2, 0.25) is 18.2 Å². The Morgan fingerprint density at radius 3 is 2.79 bits per heavy atom. The standard InChI is InChI=1S/C12H18N4O3/c1-3-8(4-2)16-11(17)5-9(12(16)18)13-6-10-14-7-19-15-10/h7-9,13H,3-6H2,1-2H3. The van der Waals surface area contributed by atoms with Gasteiger partial charge in [0, 0.05) is 6.04 Å². The van der Waals surface area contributed by atoms with Crippen LogP contribution < -0.4 is 5.32 Å². The summed E-state index contributed by atoms with van der Waals surface area (Å²) in [5.74, 6) is 0.215. The summed E-state index contributed by atoms with van der Waals surface area (Å²) in [6, 6.07) is -0.483. The molecule has 7 heteroatoms. The second-order valence-electron chi connectivity index (χ2n) is 4.56. The Morgan fingerprint density at radius 2 is 2.21 bits per heavy atom. The molecule has 0 aromatic carbocycles. The van der Waals surface area contributed by atoms with E-state index in [1.54, 1.807) is 0 Å². The molecule has 0 aliphatic carbocycles. The highest BCUT2D eigenvalue weighted by atomic mass is 16.5.